The van der Waals surface area contributed by atoms with Crippen LogP contribution < -0.4 is 10.6 Å². The topological polar surface area (TPSA) is 94.7 Å². The summed E-state index contributed by atoms with van der Waals surface area (Å²) in [6, 6.07) is 10.3. The van der Waals surface area contributed by atoms with E-state index in [1.165, 1.54) is 5.56 Å². The highest BCUT2D eigenvalue weighted by Gasteiger charge is 2.12. The van der Waals surface area contributed by atoms with Gasteiger partial charge in [-0.15, -0.1) is 12.4 Å². The zero-order chi connectivity index (χ0) is 21.2. The third kappa shape index (κ3) is 4.72. The lowest BCUT2D eigenvalue weighted by molar-refractivity contribution is 0.233. The second kappa shape index (κ2) is 9.60. The number of aromatic amines is 1. The Bertz CT molecular complexity index is 1220. The lowest BCUT2D eigenvalue weighted by Crippen LogP contribution is -2.42. The average molecular weight is 451 g/mol. The molecule has 0 atom stereocenters. The Morgan fingerprint density at radius 1 is 1.03 bits per heavy atom. The Hall–Kier alpha value is -3.07. The van der Waals surface area contributed by atoms with Gasteiger partial charge in [0.15, 0.2) is 0 Å². The molecule has 4 aromatic rings. The van der Waals surface area contributed by atoms with Gasteiger partial charge in [0, 0.05) is 50.2 Å². The number of imidazole rings is 1. The quantitative estimate of drug-likeness (QED) is 0.427. The van der Waals surface area contributed by atoms with Crippen LogP contribution in [0.3, 0.4) is 0 Å². The molecule has 1 aliphatic rings. The largest absolute Gasteiger partial charge is 0.324 e. The zero-order valence-corrected chi connectivity index (χ0v) is 19.0. The molecule has 1 aliphatic heterocycles. The van der Waals surface area contributed by atoms with Crippen molar-refractivity contribution in [3.63, 3.8) is 0 Å². The number of nitrogens with zero attached hydrogens (tertiary/aromatic N) is 5. The molecule has 0 spiro atoms. The van der Waals surface area contributed by atoms with E-state index in [1.807, 2.05) is 32.2 Å². The van der Waals surface area contributed by atoms with Crippen LogP contribution in [0.5, 0.6) is 0 Å². The summed E-state index contributed by atoms with van der Waals surface area (Å²) in [6.07, 6.45) is 3.46. The summed E-state index contributed by atoms with van der Waals surface area (Å²) >= 11 is 0. The monoisotopic (exact) mass is 450 g/mol. The summed E-state index contributed by atoms with van der Waals surface area (Å²) in [6.45, 7) is 9.22. The normalized spacial score (nSPS) is 14.3. The number of fused-ring (bicyclic) bond motifs is 1. The molecule has 1 fully saturated rings. The first-order chi connectivity index (χ1) is 15.2. The fourth-order valence-corrected chi connectivity index (χ4v) is 3.94. The predicted octanol–water partition coefficient (Wildman–Crippen LogP) is 3.60. The van der Waals surface area contributed by atoms with Gasteiger partial charge in [-0.05, 0) is 49.2 Å². The molecular weight excluding hydrogens is 424 g/mol. The molecule has 1 saturated heterocycles. The summed E-state index contributed by atoms with van der Waals surface area (Å²) < 4.78 is 0. The van der Waals surface area contributed by atoms with E-state index in [4.69, 9.17) is 0 Å². The maximum absolute atomic E-state index is 4.67. The number of aromatic nitrogens is 5. The number of benzene rings is 1. The Balaban J connectivity index is 0.00000245. The van der Waals surface area contributed by atoms with Crippen LogP contribution >= 0.6 is 12.4 Å². The van der Waals surface area contributed by atoms with Gasteiger partial charge in [0.2, 0.25) is 5.95 Å². The van der Waals surface area contributed by atoms with Crippen molar-refractivity contribution in [3.05, 3.63) is 59.7 Å². The van der Waals surface area contributed by atoms with Gasteiger partial charge in [0.1, 0.15) is 12.1 Å². The van der Waals surface area contributed by atoms with Crippen LogP contribution in [0.25, 0.3) is 22.3 Å². The molecule has 4 heterocycles. The third-order valence-corrected chi connectivity index (χ3v) is 5.78. The first kappa shape index (κ1) is 22.1. The lowest BCUT2D eigenvalue weighted by atomic mass is 10.1. The number of piperazine rings is 1. The number of rotatable bonds is 5. The minimum Gasteiger partial charge on any atom is -0.324 e. The van der Waals surface area contributed by atoms with Crippen molar-refractivity contribution < 1.29 is 0 Å². The van der Waals surface area contributed by atoms with Crippen LogP contribution in [-0.4, -0.2) is 56.0 Å². The molecule has 3 N–H and O–H groups in total. The number of hydrogen-bond acceptors (Lipinski definition) is 7. The molecule has 166 valence electrons. The van der Waals surface area contributed by atoms with Crippen molar-refractivity contribution in [2.75, 3.05) is 31.5 Å². The van der Waals surface area contributed by atoms with Crippen LogP contribution in [0.1, 0.15) is 16.8 Å². The van der Waals surface area contributed by atoms with E-state index in [1.54, 1.807) is 6.33 Å². The molecule has 0 bridgehead atoms. The standard InChI is InChI=1S/C23H26N8.ClH/c1-15-16(2)26-14-27-22(15)18-3-4-19-20(12-18)29-23(28-19)30-21-11-17(5-6-25-21)13-31-9-7-24-8-10-31;/h3-6,11-12,14,24H,7-10,13H2,1-2H3,(H2,25,28,29,30);1H. The Morgan fingerprint density at radius 3 is 2.72 bits per heavy atom. The van der Waals surface area contributed by atoms with Gasteiger partial charge in [0.25, 0.3) is 0 Å². The second-order valence-corrected chi connectivity index (χ2v) is 7.95. The molecule has 9 heteroatoms. The van der Waals surface area contributed by atoms with Gasteiger partial charge in [-0.25, -0.2) is 19.9 Å². The molecule has 8 nitrogen and oxygen atoms in total. The van der Waals surface area contributed by atoms with Gasteiger partial charge in [-0.2, -0.15) is 0 Å². The minimum absolute atomic E-state index is 0. The summed E-state index contributed by atoms with van der Waals surface area (Å²) in [5, 5.41) is 6.71. The lowest BCUT2D eigenvalue weighted by Gasteiger charge is -2.27. The van der Waals surface area contributed by atoms with E-state index in [2.05, 4.69) is 58.7 Å². The first-order valence-electron chi connectivity index (χ1n) is 10.6. The maximum atomic E-state index is 4.67. The Morgan fingerprint density at radius 2 is 1.88 bits per heavy atom. The minimum atomic E-state index is 0. The van der Waals surface area contributed by atoms with Crippen LogP contribution in [0, 0.1) is 13.8 Å². The highest BCUT2D eigenvalue weighted by Crippen LogP contribution is 2.26. The molecule has 0 saturated carbocycles. The highest BCUT2D eigenvalue weighted by molar-refractivity contribution is 5.85. The number of hydrogen-bond donors (Lipinski definition) is 3. The predicted molar refractivity (Wildman–Crippen MR) is 130 cm³/mol. The fourth-order valence-electron chi connectivity index (χ4n) is 3.94. The van der Waals surface area contributed by atoms with Gasteiger partial charge in [-0.3, -0.25) is 4.90 Å². The number of halogens is 1. The Labute approximate surface area is 193 Å². The molecule has 32 heavy (non-hydrogen) atoms. The summed E-state index contributed by atoms with van der Waals surface area (Å²) in [4.78, 5) is 23.7. The molecule has 5 rings (SSSR count). The number of H-pyrrole nitrogens is 1. The average Bonchev–Trinajstić information content (AvgIpc) is 3.18. The van der Waals surface area contributed by atoms with Crippen molar-refractivity contribution in [2.24, 2.45) is 0 Å². The van der Waals surface area contributed by atoms with Crippen molar-refractivity contribution in [1.82, 2.24) is 35.1 Å². The van der Waals surface area contributed by atoms with Crippen molar-refractivity contribution in [3.8, 4) is 11.3 Å². The van der Waals surface area contributed by atoms with E-state index in [0.29, 0.717) is 5.95 Å². The van der Waals surface area contributed by atoms with Gasteiger partial charge < -0.3 is 15.6 Å². The maximum Gasteiger partial charge on any atom is 0.206 e. The zero-order valence-electron chi connectivity index (χ0n) is 18.2. The van der Waals surface area contributed by atoms with E-state index in [9.17, 15) is 0 Å². The molecule has 0 unspecified atom stereocenters. The third-order valence-electron chi connectivity index (χ3n) is 5.78. The van der Waals surface area contributed by atoms with E-state index in [-0.39, 0.29) is 12.4 Å². The molecular formula is C23H27ClN8. The summed E-state index contributed by atoms with van der Waals surface area (Å²) in [7, 11) is 0. The number of pyridine rings is 1. The van der Waals surface area contributed by atoms with Crippen molar-refractivity contribution in [2.45, 2.75) is 20.4 Å². The van der Waals surface area contributed by atoms with Crippen LogP contribution in [-0.2, 0) is 6.54 Å². The summed E-state index contributed by atoms with van der Waals surface area (Å²) in [5.41, 5.74) is 7.16. The molecule has 0 amide bonds. The van der Waals surface area contributed by atoms with E-state index < -0.39 is 0 Å². The van der Waals surface area contributed by atoms with Crippen LogP contribution in [0.15, 0.2) is 42.9 Å². The molecule has 3 aromatic heterocycles. The number of aryl methyl sites for hydroxylation is 1. The second-order valence-electron chi connectivity index (χ2n) is 7.95. The number of nitrogens with one attached hydrogen (secondary N) is 3. The van der Waals surface area contributed by atoms with Gasteiger partial charge >= 0.3 is 0 Å². The number of anilines is 2. The fraction of sp³-hybridized carbons (Fsp3) is 0.304. The van der Waals surface area contributed by atoms with Gasteiger partial charge in [-0.1, -0.05) is 6.07 Å². The smallest absolute Gasteiger partial charge is 0.206 e. The SMILES string of the molecule is Cc1ncnc(-c2ccc3nc(Nc4cc(CN5CCNCC5)ccn4)[nH]c3c2)c1C.Cl. The molecule has 1 aromatic carbocycles. The molecule has 0 radical (unpaired) electrons. The van der Waals surface area contributed by atoms with E-state index >= 15 is 0 Å². The first-order valence-corrected chi connectivity index (χ1v) is 10.6. The van der Waals surface area contributed by atoms with E-state index in [0.717, 1.165) is 72.1 Å². The van der Waals surface area contributed by atoms with Crippen molar-refractivity contribution in [1.29, 1.82) is 0 Å². The summed E-state index contributed by atoms with van der Waals surface area (Å²) in [5.74, 6) is 1.46. The molecule has 0 aliphatic carbocycles. The highest BCUT2D eigenvalue weighted by atomic mass is 35.5. The van der Waals surface area contributed by atoms with Crippen molar-refractivity contribution >= 4 is 35.2 Å². The van der Waals surface area contributed by atoms with Crippen LogP contribution in [0.2, 0.25) is 0 Å². The van der Waals surface area contributed by atoms with Crippen LogP contribution in [0.4, 0.5) is 11.8 Å². The Kier molecular flexibility index (Phi) is 6.64. The van der Waals surface area contributed by atoms with Gasteiger partial charge in [0.05, 0.1) is 16.7 Å².